The normalized spacial score (nSPS) is 10.9. The van der Waals surface area contributed by atoms with E-state index in [1.54, 1.807) is 30.5 Å². The van der Waals surface area contributed by atoms with Gasteiger partial charge in [0.2, 0.25) is 0 Å². The zero-order chi connectivity index (χ0) is 18.8. The van der Waals surface area contributed by atoms with Gasteiger partial charge in [0, 0.05) is 16.6 Å². The van der Waals surface area contributed by atoms with Crippen LogP contribution in [0.25, 0.3) is 10.9 Å². The Morgan fingerprint density at radius 1 is 1.19 bits per heavy atom. The van der Waals surface area contributed by atoms with Crippen LogP contribution < -0.4 is 10.1 Å². The van der Waals surface area contributed by atoms with Crippen LogP contribution in [0.2, 0.25) is 0 Å². The van der Waals surface area contributed by atoms with E-state index in [0.717, 1.165) is 27.9 Å². The summed E-state index contributed by atoms with van der Waals surface area (Å²) in [6.07, 6.45) is 1.72. The molecule has 27 heavy (non-hydrogen) atoms. The molecule has 0 unspecified atom stereocenters. The molecule has 7 heteroatoms. The lowest BCUT2D eigenvalue weighted by atomic mass is 10.2. The number of hydrogen-bond donors (Lipinski definition) is 2. The maximum atomic E-state index is 12.4. The fourth-order valence-electron chi connectivity index (χ4n) is 2.79. The number of aromatic nitrogens is 3. The molecule has 0 radical (unpaired) electrons. The van der Waals surface area contributed by atoms with Crippen molar-refractivity contribution < 1.29 is 14.1 Å². The van der Waals surface area contributed by atoms with Crippen molar-refractivity contribution in [1.82, 2.24) is 15.4 Å². The highest BCUT2D eigenvalue weighted by molar-refractivity contribution is 6.05. The first-order valence-electron chi connectivity index (χ1n) is 8.49. The average molecular weight is 362 g/mol. The molecule has 4 aromatic rings. The number of hydrogen-bond acceptors (Lipinski definition) is 5. The van der Waals surface area contributed by atoms with E-state index in [9.17, 15) is 4.79 Å². The quantitative estimate of drug-likeness (QED) is 0.560. The number of nitrogens with one attached hydrogen (secondary N) is 2. The van der Waals surface area contributed by atoms with Crippen molar-refractivity contribution in [2.45, 2.75) is 20.5 Å². The zero-order valence-electron chi connectivity index (χ0n) is 14.9. The third kappa shape index (κ3) is 3.52. The molecule has 2 heterocycles. The number of aromatic amines is 1. The minimum Gasteiger partial charge on any atom is -0.489 e. The van der Waals surface area contributed by atoms with Crippen molar-refractivity contribution in [2.24, 2.45) is 0 Å². The molecule has 0 aliphatic rings. The van der Waals surface area contributed by atoms with Gasteiger partial charge in [0.25, 0.3) is 5.91 Å². The molecule has 0 atom stereocenters. The van der Waals surface area contributed by atoms with Crippen LogP contribution in [0.15, 0.2) is 53.2 Å². The van der Waals surface area contributed by atoms with E-state index in [0.29, 0.717) is 23.6 Å². The van der Waals surface area contributed by atoms with Crippen molar-refractivity contribution in [3.05, 3.63) is 71.2 Å². The SMILES string of the molecule is Cc1noc(C)c1COc1ccc(C(=O)Nc2ccc3[nH]ncc3c2)cc1. The Kier molecular flexibility index (Phi) is 4.33. The lowest BCUT2D eigenvalue weighted by molar-refractivity contribution is 0.102. The van der Waals surface area contributed by atoms with Crippen LogP contribution >= 0.6 is 0 Å². The van der Waals surface area contributed by atoms with Gasteiger partial charge in [0.05, 0.1) is 23.0 Å². The Morgan fingerprint density at radius 2 is 2.00 bits per heavy atom. The molecule has 0 saturated carbocycles. The van der Waals surface area contributed by atoms with E-state index in [-0.39, 0.29) is 5.91 Å². The Bertz CT molecular complexity index is 1080. The van der Waals surface area contributed by atoms with Crippen LogP contribution in [0.1, 0.15) is 27.4 Å². The van der Waals surface area contributed by atoms with Crippen LogP contribution in [0.4, 0.5) is 5.69 Å². The Labute approximate surface area is 155 Å². The van der Waals surface area contributed by atoms with Crippen LogP contribution in [0.5, 0.6) is 5.75 Å². The topological polar surface area (TPSA) is 93.0 Å². The monoisotopic (exact) mass is 362 g/mol. The lowest BCUT2D eigenvalue weighted by Crippen LogP contribution is -2.11. The summed E-state index contributed by atoms with van der Waals surface area (Å²) in [4.78, 5) is 12.4. The highest BCUT2D eigenvalue weighted by Gasteiger charge is 2.11. The highest BCUT2D eigenvalue weighted by Crippen LogP contribution is 2.20. The molecule has 0 aliphatic carbocycles. The Morgan fingerprint density at radius 3 is 2.74 bits per heavy atom. The number of benzene rings is 2. The molecule has 0 bridgehead atoms. The van der Waals surface area contributed by atoms with Gasteiger partial charge in [-0.25, -0.2) is 0 Å². The van der Waals surface area contributed by atoms with Crippen LogP contribution in [0.3, 0.4) is 0 Å². The van der Waals surface area contributed by atoms with Gasteiger partial charge in [-0.2, -0.15) is 5.10 Å². The summed E-state index contributed by atoms with van der Waals surface area (Å²) in [6.45, 7) is 4.11. The number of H-pyrrole nitrogens is 1. The molecule has 0 aliphatic heterocycles. The van der Waals surface area contributed by atoms with E-state index < -0.39 is 0 Å². The van der Waals surface area contributed by atoms with Crippen LogP contribution in [0, 0.1) is 13.8 Å². The Balaban J connectivity index is 1.41. The van der Waals surface area contributed by atoms with Crippen molar-refractivity contribution >= 4 is 22.5 Å². The van der Waals surface area contributed by atoms with E-state index in [2.05, 4.69) is 20.7 Å². The van der Waals surface area contributed by atoms with Crippen molar-refractivity contribution in [1.29, 1.82) is 0 Å². The number of anilines is 1. The smallest absolute Gasteiger partial charge is 0.255 e. The molecule has 4 rings (SSSR count). The molecular weight excluding hydrogens is 344 g/mol. The van der Waals surface area contributed by atoms with Crippen molar-refractivity contribution in [3.63, 3.8) is 0 Å². The summed E-state index contributed by atoms with van der Waals surface area (Å²) in [5.74, 6) is 1.24. The van der Waals surface area contributed by atoms with E-state index in [1.165, 1.54) is 0 Å². The molecular formula is C20H18N4O3. The zero-order valence-corrected chi connectivity index (χ0v) is 14.9. The third-order valence-electron chi connectivity index (χ3n) is 4.38. The van der Waals surface area contributed by atoms with Gasteiger partial charge in [-0.1, -0.05) is 5.16 Å². The van der Waals surface area contributed by atoms with Gasteiger partial charge in [-0.3, -0.25) is 9.89 Å². The largest absolute Gasteiger partial charge is 0.489 e. The summed E-state index contributed by atoms with van der Waals surface area (Å²) < 4.78 is 10.9. The molecule has 1 amide bonds. The molecule has 2 aromatic heterocycles. The number of nitrogens with zero attached hydrogens (tertiary/aromatic N) is 2. The number of carbonyl (C=O) groups is 1. The Hall–Kier alpha value is -3.61. The average Bonchev–Trinajstić information content (AvgIpc) is 3.26. The van der Waals surface area contributed by atoms with Crippen molar-refractivity contribution in [3.8, 4) is 5.75 Å². The first kappa shape index (κ1) is 16.8. The minimum atomic E-state index is -0.185. The number of fused-ring (bicyclic) bond motifs is 1. The van der Waals surface area contributed by atoms with Gasteiger partial charge in [-0.15, -0.1) is 0 Å². The summed E-state index contributed by atoms with van der Waals surface area (Å²) in [5, 5.41) is 14.6. The highest BCUT2D eigenvalue weighted by atomic mass is 16.5. The molecule has 136 valence electrons. The van der Waals surface area contributed by atoms with Gasteiger partial charge < -0.3 is 14.6 Å². The second kappa shape index (κ2) is 6.95. The first-order chi connectivity index (χ1) is 13.1. The van der Waals surface area contributed by atoms with Crippen LogP contribution in [-0.2, 0) is 6.61 Å². The molecule has 0 spiro atoms. The predicted molar refractivity (Wildman–Crippen MR) is 101 cm³/mol. The van der Waals surface area contributed by atoms with Crippen molar-refractivity contribution in [2.75, 3.05) is 5.32 Å². The number of amides is 1. The summed E-state index contributed by atoms with van der Waals surface area (Å²) >= 11 is 0. The van der Waals surface area contributed by atoms with Gasteiger partial charge in [-0.05, 0) is 56.3 Å². The van der Waals surface area contributed by atoms with Gasteiger partial charge >= 0.3 is 0 Å². The molecule has 2 N–H and O–H groups in total. The molecule has 7 nitrogen and oxygen atoms in total. The second-order valence-corrected chi connectivity index (χ2v) is 6.24. The number of ether oxygens (including phenoxy) is 1. The summed E-state index contributed by atoms with van der Waals surface area (Å²) in [7, 11) is 0. The standard InChI is InChI=1S/C20H18N4O3/c1-12-18(13(2)27-24-12)11-26-17-6-3-14(4-7-17)20(25)22-16-5-8-19-15(9-16)10-21-23-19/h3-10H,11H2,1-2H3,(H,21,23)(H,22,25). The second-order valence-electron chi connectivity index (χ2n) is 6.24. The maximum Gasteiger partial charge on any atom is 0.255 e. The fourth-order valence-corrected chi connectivity index (χ4v) is 2.79. The third-order valence-corrected chi connectivity index (χ3v) is 4.38. The van der Waals surface area contributed by atoms with E-state index >= 15 is 0 Å². The lowest BCUT2D eigenvalue weighted by Gasteiger charge is -2.08. The molecule has 0 saturated heterocycles. The number of carbonyl (C=O) groups excluding carboxylic acids is 1. The van der Waals surface area contributed by atoms with Gasteiger partial charge in [0.1, 0.15) is 18.1 Å². The van der Waals surface area contributed by atoms with E-state index in [1.807, 2.05) is 32.0 Å². The van der Waals surface area contributed by atoms with Crippen LogP contribution in [-0.4, -0.2) is 21.3 Å². The minimum absolute atomic E-state index is 0.185. The number of rotatable bonds is 5. The van der Waals surface area contributed by atoms with Gasteiger partial charge in [0.15, 0.2) is 0 Å². The fraction of sp³-hybridized carbons (Fsp3) is 0.150. The maximum absolute atomic E-state index is 12.4. The van der Waals surface area contributed by atoms with E-state index in [4.69, 9.17) is 9.26 Å². The molecule has 2 aromatic carbocycles. The summed E-state index contributed by atoms with van der Waals surface area (Å²) in [5.41, 5.74) is 3.94. The number of aryl methyl sites for hydroxylation is 2. The first-order valence-corrected chi connectivity index (χ1v) is 8.49. The predicted octanol–water partition coefficient (Wildman–Crippen LogP) is 4.00. The summed E-state index contributed by atoms with van der Waals surface area (Å²) in [6, 6.07) is 12.6. The molecule has 0 fully saturated rings.